The fraction of sp³-hybridized carbons (Fsp3) is 0.308. The highest BCUT2D eigenvalue weighted by Crippen LogP contribution is 2.27. The van der Waals surface area contributed by atoms with Gasteiger partial charge in [-0.25, -0.2) is 0 Å². The number of aromatic amines is 1. The van der Waals surface area contributed by atoms with Gasteiger partial charge in [0.05, 0.1) is 11.2 Å². The molecule has 1 aliphatic rings. The molecule has 0 fully saturated rings. The van der Waals surface area contributed by atoms with Gasteiger partial charge in [0, 0.05) is 24.0 Å². The van der Waals surface area contributed by atoms with E-state index < -0.39 is 0 Å². The van der Waals surface area contributed by atoms with Crippen molar-refractivity contribution in [3.8, 4) is 0 Å². The quantitative estimate of drug-likeness (QED) is 0.756. The van der Waals surface area contributed by atoms with Crippen molar-refractivity contribution in [1.82, 2.24) is 4.98 Å². The Hall–Kier alpha value is -1.23. The Morgan fingerprint density at radius 2 is 2.05 bits per heavy atom. The van der Waals surface area contributed by atoms with Crippen LogP contribution in [0.25, 0.3) is 10.9 Å². The highest BCUT2D eigenvalue weighted by Gasteiger charge is 2.15. The van der Waals surface area contributed by atoms with Crippen LogP contribution in [-0.2, 0) is 13.0 Å². The third kappa shape index (κ3) is 2.71. The first kappa shape index (κ1) is 15.8. The lowest BCUT2D eigenvalue weighted by molar-refractivity contribution is 0.820. The summed E-state index contributed by atoms with van der Waals surface area (Å²) in [6, 6.07) is 6.00. The molecule has 6 heteroatoms. The summed E-state index contributed by atoms with van der Waals surface area (Å²) in [4.78, 5) is 14.9. The van der Waals surface area contributed by atoms with Crippen molar-refractivity contribution >= 4 is 41.4 Å². The van der Waals surface area contributed by atoms with E-state index in [-0.39, 0.29) is 30.4 Å². The number of fused-ring (bicyclic) bond motifs is 3. The molecule has 1 aromatic heterocycles. The van der Waals surface area contributed by atoms with Gasteiger partial charge in [-0.3, -0.25) is 4.79 Å². The Morgan fingerprint density at radius 3 is 2.79 bits per heavy atom. The van der Waals surface area contributed by atoms with Crippen LogP contribution in [0.2, 0.25) is 0 Å². The van der Waals surface area contributed by atoms with Crippen LogP contribution in [0, 0.1) is 0 Å². The molecule has 0 saturated heterocycles. The van der Waals surface area contributed by atoms with Crippen LogP contribution in [-0.4, -0.2) is 11.5 Å². The topological polar surface area (TPSA) is 70.9 Å². The maximum absolute atomic E-state index is 12.0. The molecular formula is C13H17Cl2N3O. The summed E-state index contributed by atoms with van der Waals surface area (Å²) in [5.41, 5.74) is 9.41. The van der Waals surface area contributed by atoms with Gasteiger partial charge < -0.3 is 16.0 Å². The van der Waals surface area contributed by atoms with Crippen molar-refractivity contribution in [3.63, 3.8) is 0 Å². The molecule has 3 rings (SSSR count). The molecule has 4 nitrogen and oxygen atoms in total. The Kier molecular flexibility index (Phi) is 5.23. The molecule has 2 heterocycles. The average Bonchev–Trinajstić information content (AvgIpc) is 2.38. The molecule has 0 aliphatic carbocycles. The van der Waals surface area contributed by atoms with E-state index in [1.165, 1.54) is 0 Å². The van der Waals surface area contributed by atoms with E-state index in [0.717, 1.165) is 47.1 Å². The summed E-state index contributed by atoms with van der Waals surface area (Å²) in [7, 11) is 0. The zero-order valence-electron chi connectivity index (χ0n) is 10.4. The third-order valence-electron chi connectivity index (χ3n) is 3.32. The Morgan fingerprint density at radius 1 is 1.26 bits per heavy atom. The van der Waals surface area contributed by atoms with Crippen LogP contribution in [0.3, 0.4) is 0 Å². The molecule has 4 N–H and O–H groups in total. The molecule has 0 atom stereocenters. The van der Waals surface area contributed by atoms with Crippen LogP contribution in [0.4, 0.5) is 5.69 Å². The lowest BCUT2D eigenvalue weighted by atomic mass is 10.0. The van der Waals surface area contributed by atoms with Gasteiger partial charge in [0.2, 0.25) is 0 Å². The summed E-state index contributed by atoms with van der Waals surface area (Å²) < 4.78 is 0. The van der Waals surface area contributed by atoms with Gasteiger partial charge in [-0.05, 0) is 24.5 Å². The summed E-state index contributed by atoms with van der Waals surface area (Å²) in [5, 5.41) is 4.41. The maximum Gasteiger partial charge on any atom is 0.253 e. The second-order valence-electron chi connectivity index (χ2n) is 4.42. The summed E-state index contributed by atoms with van der Waals surface area (Å²) >= 11 is 0. The average molecular weight is 302 g/mol. The zero-order valence-corrected chi connectivity index (χ0v) is 12.0. The first-order valence-electron chi connectivity index (χ1n) is 5.91. The van der Waals surface area contributed by atoms with Gasteiger partial charge in [-0.15, -0.1) is 24.8 Å². The van der Waals surface area contributed by atoms with Gasteiger partial charge in [0.15, 0.2) is 0 Å². The fourth-order valence-corrected chi connectivity index (χ4v) is 2.43. The minimum atomic E-state index is 0. The van der Waals surface area contributed by atoms with E-state index in [1.54, 1.807) is 0 Å². The molecule has 2 aromatic rings. The lowest BCUT2D eigenvalue weighted by Crippen LogP contribution is -2.22. The number of H-pyrrole nitrogens is 1. The van der Waals surface area contributed by atoms with E-state index in [1.807, 2.05) is 18.2 Å². The predicted molar refractivity (Wildman–Crippen MR) is 83.8 cm³/mol. The third-order valence-corrected chi connectivity index (χ3v) is 3.32. The van der Waals surface area contributed by atoms with E-state index in [4.69, 9.17) is 5.73 Å². The van der Waals surface area contributed by atoms with Crippen molar-refractivity contribution in [2.24, 2.45) is 5.73 Å². The summed E-state index contributed by atoms with van der Waals surface area (Å²) in [6.45, 7) is 1.42. The monoisotopic (exact) mass is 301 g/mol. The van der Waals surface area contributed by atoms with Crippen LogP contribution >= 0.6 is 24.8 Å². The molecule has 0 spiro atoms. The Labute approximate surface area is 123 Å². The number of nitrogens with two attached hydrogens (primary N) is 1. The first-order chi connectivity index (χ1) is 8.29. The van der Waals surface area contributed by atoms with Gasteiger partial charge in [-0.2, -0.15) is 0 Å². The van der Waals surface area contributed by atoms with Crippen LogP contribution in [0.5, 0.6) is 0 Å². The molecule has 104 valence electrons. The number of anilines is 1. The standard InChI is InChI=1S/C13H15N3O.2ClH/c14-7-8-3-4-9-11(6-8)16-13(17)10-2-1-5-15-12(9)10;;/h3-4,6,15H,1-2,5,7,14H2,(H,16,17);2*1H. The van der Waals surface area contributed by atoms with Crippen molar-refractivity contribution < 1.29 is 0 Å². The Bertz CT molecular complexity index is 640. The van der Waals surface area contributed by atoms with Crippen LogP contribution in [0.1, 0.15) is 17.5 Å². The number of hydrogen-bond donors (Lipinski definition) is 3. The normalized spacial score (nSPS) is 12.9. The zero-order chi connectivity index (χ0) is 11.8. The van der Waals surface area contributed by atoms with Gasteiger partial charge in [0.25, 0.3) is 5.56 Å². The molecule has 19 heavy (non-hydrogen) atoms. The summed E-state index contributed by atoms with van der Waals surface area (Å²) in [6.07, 6.45) is 1.87. The first-order valence-corrected chi connectivity index (χ1v) is 5.91. The minimum Gasteiger partial charge on any atom is -0.384 e. The number of benzene rings is 1. The van der Waals surface area contributed by atoms with Crippen LogP contribution < -0.4 is 16.6 Å². The smallest absolute Gasteiger partial charge is 0.253 e. The highest BCUT2D eigenvalue weighted by atomic mass is 35.5. The molecule has 1 aromatic carbocycles. The molecule has 0 amide bonds. The largest absolute Gasteiger partial charge is 0.384 e. The number of rotatable bonds is 1. The fourth-order valence-electron chi connectivity index (χ4n) is 2.43. The van der Waals surface area contributed by atoms with E-state index in [0.29, 0.717) is 6.54 Å². The SMILES string of the molecule is Cl.Cl.NCc1ccc2c3c(c(=O)[nH]c2c1)CCCN3. The second-order valence-corrected chi connectivity index (χ2v) is 4.42. The van der Waals surface area contributed by atoms with Gasteiger partial charge in [-0.1, -0.05) is 12.1 Å². The lowest BCUT2D eigenvalue weighted by Gasteiger charge is -2.19. The van der Waals surface area contributed by atoms with E-state index >= 15 is 0 Å². The van der Waals surface area contributed by atoms with Crippen molar-refractivity contribution in [3.05, 3.63) is 39.7 Å². The highest BCUT2D eigenvalue weighted by molar-refractivity contribution is 5.93. The molecule has 0 bridgehead atoms. The minimum absolute atomic E-state index is 0. The van der Waals surface area contributed by atoms with Crippen molar-refractivity contribution in [1.29, 1.82) is 0 Å². The number of nitrogens with one attached hydrogen (secondary N) is 2. The van der Waals surface area contributed by atoms with Crippen molar-refractivity contribution in [2.45, 2.75) is 19.4 Å². The van der Waals surface area contributed by atoms with E-state index in [9.17, 15) is 4.79 Å². The molecule has 0 saturated carbocycles. The molecular weight excluding hydrogens is 285 g/mol. The number of halogens is 2. The predicted octanol–water partition coefficient (Wildman–Crippen LogP) is 2.19. The van der Waals surface area contributed by atoms with Gasteiger partial charge >= 0.3 is 0 Å². The van der Waals surface area contributed by atoms with Gasteiger partial charge in [0.1, 0.15) is 0 Å². The molecule has 1 aliphatic heterocycles. The molecule has 0 radical (unpaired) electrons. The second kappa shape index (κ2) is 6.28. The van der Waals surface area contributed by atoms with Crippen LogP contribution in [0.15, 0.2) is 23.0 Å². The number of aromatic nitrogens is 1. The summed E-state index contributed by atoms with van der Waals surface area (Å²) in [5.74, 6) is 0. The number of pyridine rings is 1. The van der Waals surface area contributed by atoms with Crippen molar-refractivity contribution in [2.75, 3.05) is 11.9 Å². The van der Waals surface area contributed by atoms with E-state index in [2.05, 4.69) is 10.3 Å². The molecule has 0 unspecified atom stereocenters. The maximum atomic E-state index is 12.0. The number of hydrogen-bond acceptors (Lipinski definition) is 3. The Balaban J connectivity index is 0.000000902.